The number of amides is 1. The molecule has 1 aromatic heterocycles. The molecule has 126 valence electrons. The van der Waals surface area contributed by atoms with Gasteiger partial charge in [0.25, 0.3) is 5.91 Å². The molecule has 1 N–H and O–H groups in total. The Morgan fingerprint density at radius 3 is 2.80 bits per heavy atom. The first-order valence-corrected chi connectivity index (χ1v) is 7.84. The van der Waals surface area contributed by atoms with Crippen LogP contribution in [0, 0.1) is 13.8 Å². The fourth-order valence-corrected chi connectivity index (χ4v) is 2.25. The fourth-order valence-electron chi connectivity index (χ4n) is 2.25. The summed E-state index contributed by atoms with van der Waals surface area (Å²) < 4.78 is 0. The van der Waals surface area contributed by atoms with E-state index in [1.807, 2.05) is 62.4 Å². The number of aryl methyl sites for hydroxylation is 2. The Labute approximate surface area is 145 Å². The first-order chi connectivity index (χ1) is 12.1. The number of hydrazone groups is 1. The van der Waals surface area contributed by atoms with Gasteiger partial charge in [-0.15, -0.1) is 10.2 Å². The molecular formula is C18H18N6O. The molecule has 1 amide bonds. The first-order valence-electron chi connectivity index (χ1n) is 7.84. The van der Waals surface area contributed by atoms with Crippen molar-refractivity contribution in [2.75, 3.05) is 0 Å². The largest absolute Gasteiger partial charge is 0.271 e. The smallest absolute Gasteiger partial charge is 0.263 e. The first kappa shape index (κ1) is 16.5. The average Bonchev–Trinajstić information content (AvgIpc) is 3.07. The molecule has 7 nitrogen and oxygen atoms in total. The van der Waals surface area contributed by atoms with Crippen molar-refractivity contribution in [1.29, 1.82) is 0 Å². The molecule has 0 bridgehead atoms. The van der Waals surface area contributed by atoms with Gasteiger partial charge in [0.15, 0.2) is 0 Å². The number of carbonyl (C=O) groups excluding carboxylic acids is 1. The lowest BCUT2D eigenvalue weighted by Gasteiger charge is -2.02. The minimum Gasteiger partial charge on any atom is -0.271 e. The molecule has 0 radical (unpaired) electrons. The summed E-state index contributed by atoms with van der Waals surface area (Å²) in [5.74, 6) is 0.158. The van der Waals surface area contributed by atoms with Crippen LogP contribution in [0.25, 0.3) is 11.4 Å². The summed E-state index contributed by atoms with van der Waals surface area (Å²) in [6, 6.07) is 15.5. The number of benzene rings is 2. The SMILES string of the molecule is Cc1ccc(C)c(/C=N\NC(=O)Cn2nnc(-c3ccccc3)n2)c1. The Balaban J connectivity index is 1.59. The van der Waals surface area contributed by atoms with Gasteiger partial charge in [-0.25, -0.2) is 5.43 Å². The van der Waals surface area contributed by atoms with E-state index in [0.717, 1.165) is 22.3 Å². The molecule has 1 heterocycles. The van der Waals surface area contributed by atoms with Crippen LogP contribution in [0.4, 0.5) is 0 Å². The molecule has 0 unspecified atom stereocenters. The van der Waals surface area contributed by atoms with Crippen molar-refractivity contribution in [2.45, 2.75) is 20.4 Å². The van der Waals surface area contributed by atoms with Crippen LogP contribution in [0.3, 0.4) is 0 Å². The summed E-state index contributed by atoms with van der Waals surface area (Å²) in [4.78, 5) is 13.2. The number of hydrogen-bond acceptors (Lipinski definition) is 5. The van der Waals surface area contributed by atoms with Crippen molar-refractivity contribution in [1.82, 2.24) is 25.6 Å². The van der Waals surface area contributed by atoms with Gasteiger partial charge >= 0.3 is 0 Å². The summed E-state index contributed by atoms with van der Waals surface area (Å²) >= 11 is 0. The molecule has 25 heavy (non-hydrogen) atoms. The van der Waals surface area contributed by atoms with E-state index in [1.165, 1.54) is 4.80 Å². The number of nitrogens with zero attached hydrogens (tertiary/aromatic N) is 5. The van der Waals surface area contributed by atoms with E-state index < -0.39 is 0 Å². The van der Waals surface area contributed by atoms with Crippen molar-refractivity contribution in [2.24, 2.45) is 5.10 Å². The molecule has 0 aliphatic heterocycles. The number of nitrogens with one attached hydrogen (secondary N) is 1. The summed E-state index contributed by atoms with van der Waals surface area (Å²) in [5, 5.41) is 16.0. The van der Waals surface area contributed by atoms with E-state index in [-0.39, 0.29) is 12.5 Å². The van der Waals surface area contributed by atoms with Crippen molar-refractivity contribution < 1.29 is 4.79 Å². The fraction of sp³-hybridized carbons (Fsp3) is 0.167. The van der Waals surface area contributed by atoms with Gasteiger partial charge in [0, 0.05) is 5.56 Å². The van der Waals surface area contributed by atoms with Crippen molar-refractivity contribution in [3.63, 3.8) is 0 Å². The topological polar surface area (TPSA) is 85.1 Å². The number of hydrogen-bond donors (Lipinski definition) is 1. The Morgan fingerprint density at radius 1 is 1.20 bits per heavy atom. The van der Waals surface area contributed by atoms with E-state index in [1.54, 1.807) is 6.21 Å². The third-order valence-electron chi connectivity index (χ3n) is 3.60. The van der Waals surface area contributed by atoms with Crippen LogP contribution >= 0.6 is 0 Å². The third-order valence-corrected chi connectivity index (χ3v) is 3.60. The molecule has 3 aromatic rings. The number of aromatic nitrogens is 4. The van der Waals surface area contributed by atoms with Crippen LogP contribution in [0.5, 0.6) is 0 Å². The van der Waals surface area contributed by atoms with Gasteiger partial charge in [0.05, 0.1) is 6.21 Å². The molecule has 0 atom stereocenters. The lowest BCUT2D eigenvalue weighted by Crippen LogP contribution is -2.24. The molecule has 0 saturated carbocycles. The van der Waals surface area contributed by atoms with E-state index in [0.29, 0.717) is 5.82 Å². The van der Waals surface area contributed by atoms with Crippen molar-refractivity contribution >= 4 is 12.1 Å². The highest BCUT2D eigenvalue weighted by atomic mass is 16.2. The van der Waals surface area contributed by atoms with Gasteiger partial charge in [0.2, 0.25) is 5.82 Å². The quantitative estimate of drug-likeness (QED) is 0.572. The lowest BCUT2D eigenvalue weighted by atomic mass is 10.1. The summed E-state index contributed by atoms with van der Waals surface area (Å²) in [6.45, 7) is 3.95. The zero-order valence-corrected chi connectivity index (χ0v) is 14.0. The Hall–Kier alpha value is -3.35. The van der Waals surface area contributed by atoms with E-state index in [9.17, 15) is 4.79 Å². The van der Waals surface area contributed by atoms with Crippen LogP contribution in [0.2, 0.25) is 0 Å². The summed E-state index contributed by atoms with van der Waals surface area (Å²) in [6.07, 6.45) is 1.63. The second-order valence-electron chi connectivity index (χ2n) is 5.66. The van der Waals surface area contributed by atoms with Crippen molar-refractivity contribution in [3.8, 4) is 11.4 Å². The Morgan fingerprint density at radius 2 is 2.00 bits per heavy atom. The van der Waals surface area contributed by atoms with Gasteiger partial charge in [-0.05, 0) is 30.2 Å². The highest BCUT2D eigenvalue weighted by Gasteiger charge is 2.08. The predicted octanol–water partition coefficient (Wildman–Crippen LogP) is 2.11. The number of rotatable bonds is 5. The van der Waals surface area contributed by atoms with E-state index in [4.69, 9.17) is 0 Å². The number of carbonyl (C=O) groups is 1. The molecule has 0 fully saturated rings. The van der Waals surface area contributed by atoms with Crippen molar-refractivity contribution in [3.05, 3.63) is 65.2 Å². The summed E-state index contributed by atoms with van der Waals surface area (Å²) in [7, 11) is 0. The maximum atomic E-state index is 11.9. The molecule has 7 heteroatoms. The monoisotopic (exact) mass is 334 g/mol. The average molecular weight is 334 g/mol. The Kier molecular flexibility index (Phi) is 4.94. The zero-order valence-electron chi connectivity index (χ0n) is 14.0. The van der Waals surface area contributed by atoms with Crippen LogP contribution < -0.4 is 5.43 Å². The van der Waals surface area contributed by atoms with Gasteiger partial charge in [-0.2, -0.15) is 9.90 Å². The van der Waals surface area contributed by atoms with Crippen LogP contribution in [0.1, 0.15) is 16.7 Å². The minimum atomic E-state index is -0.321. The molecule has 3 rings (SSSR count). The van der Waals surface area contributed by atoms with Crippen LogP contribution in [-0.2, 0) is 11.3 Å². The molecule has 0 saturated heterocycles. The molecule has 0 aliphatic rings. The second-order valence-corrected chi connectivity index (χ2v) is 5.66. The molecule has 0 spiro atoms. The Bertz CT molecular complexity index is 901. The maximum absolute atomic E-state index is 11.9. The van der Waals surface area contributed by atoms with E-state index >= 15 is 0 Å². The van der Waals surface area contributed by atoms with Gasteiger partial charge in [-0.3, -0.25) is 4.79 Å². The van der Waals surface area contributed by atoms with Crippen LogP contribution in [0.15, 0.2) is 53.6 Å². The maximum Gasteiger partial charge on any atom is 0.263 e. The molecule has 2 aromatic carbocycles. The predicted molar refractivity (Wildman–Crippen MR) is 94.9 cm³/mol. The zero-order chi connectivity index (χ0) is 17.6. The molecular weight excluding hydrogens is 316 g/mol. The highest BCUT2D eigenvalue weighted by Crippen LogP contribution is 2.11. The van der Waals surface area contributed by atoms with Crippen LogP contribution in [-0.4, -0.2) is 32.3 Å². The highest BCUT2D eigenvalue weighted by molar-refractivity contribution is 5.83. The standard InChI is InChI=1S/C18H18N6O/c1-13-8-9-14(2)16(10-13)11-19-20-17(25)12-24-22-18(21-23-24)15-6-4-3-5-7-15/h3-11H,12H2,1-2H3,(H,20,25)/b19-11-. The third kappa shape index (κ3) is 4.35. The van der Waals surface area contributed by atoms with Gasteiger partial charge < -0.3 is 0 Å². The molecule has 0 aliphatic carbocycles. The minimum absolute atomic E-state index is 0.0516. The number of tetrazole rings is 1. The summed E-state index contributed by atoms with van der Waals surface area (Å²) in [5.41, 5.74) is 6.52. The normalized spacial score (nSPS) is 11.0. The van der Waals surface area contributed by atoms with Gasteiger partial charge in [-0.1, -0.05) is 54.1 Å². The van der Waals surface area contributed by atoms with E-state index in [2.05, 4.69) is 25.9 Å². The van der Waals surface area contributed by atoms with Gasteiger partial charge in [0.1, 0.15) is 6.54 Å². The second kappa shape index (κ2) is 7.48. The lowest BCUT2D eigenvalue weighted by molar-refractivity contribution is -0.122.